The van der Waals surface area contributed by atoms with Gasteiger partial charge < -0.3 is 9.80 Å². The maximum atomic E-state index is 12.4. The summed E-state index contributed by atoms with van der Waals surface area (Å²) in [4.78, 5) is 16.5. The minimum Gasteiger partial charge on any atom is -0.324 e. The molecule has 0 aromatic carbocycles. The Labute approximate surface area is 112 Å². The third-order valence-electron chi connectivity index (χ3n) is 3.55. The molecule has 0 spiro atoms. The van der Waals surface area contributed by atoms with Crippen LogP contribution >= 0.6 is 0 Å². The first kappa shape index (κ1) is 15.4. The minimum atomic E-state index is 0.0412. The van der Waals surface area contributed by atoms with Crippen molar-refractivity contribution in [3.63, 3.8) is 0 Å². The highest BCUT2D eigenvalue weighted by Crippen LogP contribution is 2.20. The van der Waals surface area contributed by atoms with Gasteiger partial charge in [-0.1, -0.05) is 33.6 Å². The van der Waals surface area contributed by atoms with Gasteiger partial charge in [-0.15, -0.1) is 0 Å². The van der Waals surface area contributed by atoms with Crippen molar-refractivity contribution in [2.75, 3.05) is 27.2 Å². The van der Waals surface area contributed by atoms with Gasteiger partial charge in [-0.2, -0.15) is 0 Å². The van der Waals surface area contributed by atoms with Crippen LogP contribution in [0.2, 0.25) is 0 Å². The number of likely N-dealkylation sites (N-methyl/N-ethyl adjacent to an activating group) is 1. The van der Waals surface area contributed by atoms with Crippen molar-refractivity contribution in [2.45, 2.75) is 52.2 Å². The first-order valence-corrected chi connectivity index (χ1v) is 7.18. The highest BCUT2D eigenvalue weighted by atomic mass is 16.2. The molecule has 1 fully saturated rings. The standard InChI is InChI=1S/C14H29N3O/c1-6-7-8-12-14(18)17(10-9-16(4)5)13(15-12)11(2)3/h11-13,15H,6-10H2,1-5H3. The summed E-state index contributed by atoms with van der Waals surface area (Å²) in [6.45, 7) is 8.27. The van der Waals surface area contributed by atoms with E-state index in [0.29, 0.717) is 11.8 Å². The third kappa shape index (κ3) is 3.95. The maximum absolute atomic E-state index is 12.4. The molecular weight excluding hydrogens is 226 g/mol. The van der Waals surface area contributed by atoms with Gasteiger partial charge in [-0.05, 0) is 26.4 Å². The summed E-state index contributed by atoms with van der Waals surface area (Å²) in [5.74, 6) is 0.756. The van der Waals surface area contributed by atoms with E-state index in [1.807, 2.05) is 19.0 Å². The fourth-order valence-corrected chi connectivity index (χ4v) is 2.43. The molecule has 1 N–H and O–H groups in total. The van der Waals surface area contributed by atoms with Crippen LogP contribution in [-0.4, -0.2) is 55.1 Å². The quantitative estimate of drug-likeness (QED) is 0.749. The SMILES string of the molecule is CCCCC1NC(C(C)C)N(CCN(C)C)C1=O. The van der Waals surface area contributed by atoms with Gasteiger partial charge in [0.05, 0.1) is 12.2 Å². The van der Waals surface area contributed by atoms with E-state index in [0.717, 1.165) is 32.4 Å². The number of nitrogens with one attached hydrogen (secondary N) is 1. The van der Waals surface area contributed by atoms with Crippen LogP contribution in [0.1, 0.15) is 40.0 Å². The molecule has 18 heavy (non-hydrogen) atoms. The second-order valence-corrected chi connectivity index (χ2v) is 5.89. The number of amides is 1. The van der Waals surface area contributed by atoms with Gasteiger partial charge in [0.1, 0.15) is 0 Å². The summed E-state index contributed by atoms with van der Waals surface area (Å²) < 4.78 is 0. The van der Waals surface area contributed by atoms with Gasteiger partial charge in [-0.3, -0.25) is 10.1 Å². The Bertz CT molecular complexity index is 266. The van der Waals surface area contributed by atoms with Crippen LogP contribution in [0, 0.1) is 5.92 Å². The molecule has 0 aromatic heterocycles. The van der Waals surface area contributed by atoms with E-state index in [1.54, 1.807) is 0 Å². The molecule has 1 heterocycles. The summed E-state index contributed by atoms with van der Waals surface area (Å²) in [6, 6.07) is 0.0412. The normalized spacial score (nSPS) is 24.6. The van der Waals surface area contributed by atoms with Crippen molar-refractivity contribution in [1.29, 1.82) is 0 Å². The van der Waals surface area contributed by atoms with Crippen LogP contribution in [0.15, 0.2) is 0 Å². The molecular formula is C14H29N3O. The number of unbranched alkanes of at least 4 members (excludes halogenated alkanes) is 1. The van der Waals surface area contributed by atoms with E-state index in [9.17, 15) is 4.79 Å². The zero-order chi connectivity index (χ0) is 13.7. The summed E-state index contributed by atoms with van der Waals surface area (Å²) >= 11 is 0. The average molecular weight is 255 g/mol. The van der Waals surface area contributed by atoms with Gasteiger partial charge in [0, 0.05) is 13.1 Å². The molecule has 1 aliphatic rings. The van der Waals surface area contributed by atoms with Crippen molar-refractivity contribution >= 4 is 5.91 Å². The topological polar surface area (TPSA) is 35.6 Å². The molecule has 2 unspecified atom stereocenters. The lowest BCUT2D eigenvalue weighted by Crippen LogP contribution is -2.44. The Hall–Kier alpha value is -0.610. The molecule has 1 amide bonds. The van der Waals surface area contributed by atoms with E-state index >= 15 is 0 Å². The molecule has 4 nitrogen and oxygen atoms in total. The molecule has 0 saturated carbocycles. The monoisotopic (exact) mass is 255 g/mol. The number of carbonyl (C=O) groups excluding carboxylic acids is 1. The van der Waals surface area contributed by atoms with Crippen molar-refractivity contribution in [3.8, 4) is 0 Å². The second kappa shape index (κ2) is 7.10. The Balaban J connectivity index is 2.62. The van der Waals surface area contributed by atoms with Gasteiger partial charge in [-0.25, -0.2) is 0 Å². The number of rotatable bonds is 7. The Kier molecular flexibility index (Phi) is 6.09. The molecule has 0 radical (unpaired) electrons. The van der Waals surface area contributed by atoms with E-state index in [4.69, 9.17) is 0 Å². The van der Waals surface area contributed by atoms with Crippen molar-refractivity contribution in [3.05, 3.63) is 0 Å². The lowest BCUT2D eigenvalue weighted by Gasteiger charge is -2.28. The molecule has 1 saturated heterocycles. The molecule has 0 aromatic rings. The van der Waals surface area contributed by atoms with Crippen LogP contribution in [0.25, 0.3) is 0 Å². The molecule has 4 heteroatoms. The van der Waals surface area contributed by atoms with Crippen LogP contribution in [0.5, 0.6) is 0 Å². The lowest BCUT2D eigenvalue weighted by atomic mass is 10.1. The fourth-order valence-electron chi connectivity index (χ4n) is 2.43. The van der Waals surface area contributed by atoms with E-state index < -0.39 is 0 Å². The average Bonchev–Trinajstić information content (AvgIpc) is 2.61. The molecule has 2 atom stereocenters. The zero-order valence-corrected chi connectivity index (χ0v) is 12.6. The highest BCUT2D eigenvalue weighted by molar-refractivity contribution is 5.84. The van der Waals surface area contributed by atoms with Crippen LogP contribution in [-0.2, 0) is 4.79 Å². The Morgan fingerprint density at radius 3 is 2.56 bits per heavy atom. The fraction of sp³-hybridized carbons (Fsp3) is 0.929. The second-order valence-electron chi connectivity index (χ2n) is 5.89. The third-order valence-corrected chi connectivity index (χ3v) is 3.55. The largest absolute Gasteiger partial charge is 0.324 e. The zero-order valence-electron chi connectivity index (χ0n) is 12.6. The molecule has 1 rings (SSSR count). The smallest absolute Gasteiger partial charge is 0.241 e. The van der Waals surface area contributed by atoms with Crippen molar-refractivity contribution < 1.29 is 4.79 Å². The Morgan fingerprint density at radius 1 is 1.39 bits per heavy atom. The van der Waals surface area contributed by atoms with E-state index in [1.165, 1.54) is 0 Å². The van der Waals surface area contributed by atoms with Crippen molar-refractivity contribution in [2.24, 2.45) is 5.92 Å². The molecule has 0 aliphatic carbocycles. The number of carbonyl (C=O) groups is 1. The minimum absolute atomic E-state index is 0.0412. The summed E-state index contributed by atoms with van der Waals surface area (Å²) in [6.07, 6.45) is 3.45. The predicted molar refractivity (Wildman–Crippen MR) is 75.3 cm³/mol. The van der Waals surface area contributed by atoms with Gasteiger partial charge in [0.25, 0.3) is 0 Å². The van der Waals surface area contributed by atoms with E-state index in [-0.39, 0.29) is 12.2 Å². The molecule has 106 valence electrons. The highest BCUT2D eigenvalue weighted by Gasteiger charge is 2.39. The molecule has 0 bridgehead atoms. The van der Waals surface area contributed by atoms with Gasteiger partial charge >= 0.3 is 0 Å². The van der Waals surface area contributed by atoms with Crippen LogP contribution < -0.4 is 5.32 Å². The van der Waals surface area contributed by atoms with Gasteiger partial charge in [0.15, 0.2) is 0 Å². The number of nitrogens with zero attached hydrogens (tertiary/aromatic N) is 2. The number of hydrogen-bond donors (Lipinski definition) is 1. The van der Waals surface area contributed by atoms with Crippen molar-refractivity contribution in [1.82, 2.24) is 15.1 Å². The van der Waals surface area contributed by atoms with Crippen LogP contribution in [0.3, 0.4) is 0 Å². The maximum Gasteiger partial charge on any atom is 0.241 e. The van der Waals surface area contributed by atoms with Crippen LogP contribution in [0.4, 0.5) is 0 Å². The summed E-state index contributed by atoms with van der Waals surface area (Å²) in [5, 5.41) is 3.51. The summed E-state index contributed by atoms with van der Waals surface area (Å²) in [5.41, 5.74) is 0. The number of hydrogen-bond acceptors (Lipinski definition) is 3. The first-order valence-electron chi connectivity index (χ1n) is 7.18. The van der Waals surface area contributed by atoms with Gasteiger partial charge in [0.2, 0.25) is 5.91 Å². The molecule has 1 aliphatic heterocycles. The summed E-state index contributed by atoms with van der Waals surface area (Å²) in [7, 11) is 4.10. The van der Waals surface area contributed by atoms with E-state index in [2.05, 4.69) is 31.0 Å². The Morgan fingerprint density at radius 2 is 2.06 bits per heavy atom. The lowest BCUT2D eigenvalue weighted by molar-refractivity contribution is -0.130. The predicted octanol–water partition coefficient (Wildman–Crippen LogP) is 1.52. The first-order chi connectivity index (χ1) is 8.47.